The zero-order chi connectivity index (χ0) is 23.3. The van der Waals surface area contributed by atoms with E-state index in [1.807, 2.05) is 42.5 Å². The minimum absolute atomic E-state index is 0.0336. The Kier molecular flexibility index (Phi) is 5.40. The molecule has 6 heteroatoms. The highest BCUT2D eigenvalue weighted by Crippen LogP contribution is 2.61. The molecule has 1 aliphatic heterocycles. The molecule has 4 saturated carbocycles. The number of carbonyl (C=O) groups is 1. The van der Waals surface area contributed by atoms with Gasteiger partial charge in [0, 0.05) is 16.0 Å². The molecule has 4 fully saturated rings. The van der Waals surface area contributed by atoms with Crippen molar-refractivity contribution in [2.45, 2.75) is 45.1 Å². The van der Waals surface area contributed by atoms with Gasteiger partial charge in [-0.25, -0.2) is 9.79 Å². The number of carbonyl (C=O) groups excluding carboxylic acids is 1. The van der Waals surface area contributed by atoms with Gasteiger partial charge in [0.1, 0.15) is 6.61 Å². The van der Waals surface area contributed by atoms with Crippen molar-refractivity contribution in [2.24, 2.45) is 28.2 Å². The van der Waals surface area contributed by atoms with Crippen LogP contribution in [0.5, 0.6) is 11.5 Å². The smallest absolute Gasteiger partial charge is 0.363 e. The van der Waals surface area contributed by atoms with Gasteiger partial charge in [0.25, 0.3) is 0 Å². The van der Waals surface area contributed by atoms with E-state index < -0.39 is 0 Å². The number of benzene rings is 2. The molecule has 7 rings (SSSR count). The van der Waals surface area contributed by atoms with Gasteiger partial charge in [0.15, 0.2) is 17.2 Å². The number of hydrogen-bond acceptors (Lipinski definition) is 5. The number of aliphatic imine (C=N–C) groups is 1. The van der Waals surface area contributed by atoms with E-state index >= 15 is 0 Å². The lowest BCUT2D eigenvalue weighted by Crippen LogP contribution is -2.50. The summed E-state index contributed by atoms with van der Waals surface area (Å²) in [6.45, 7) is 0.335. The van der Waals surface area contributed by atoms with E-state index in [1.54, 1.807) is 13.2 Å². The van der Waals surface area contributed by atoms with E-state index in [1.165, 1.54) is 19.3 Å². The fourth-order valence-electron chi connectivity index (χ4n) is 6.83. The Bertz CT molecular complexity index is 1170. The molecule has 176 valence electrons. The van der Waals surface area contributed by atoms with Gasteiger partial charge >= 0.3 is 5.97 Å². The molecule has 4 aliphatic carbocycles. The summed E-state index contributed by atoms with van der Waals surface area (Å²) in [6.07, 6.45) is 9.14. The van der Waals surface area contributed by atoms with Crippen LogP contribution >= 0.6 is 11.6 Å². The number of methoxy groups -OCH3 is 1. The van der Waals surface area contributed by atoms with Crippen LogP contribution in [-0.2, 0) is 16.1 Å². The monoisotopic (exact) mass is 477 g/mol. The molecule has 4 bridgehead atoms. The van der Waals surface area contributed by atoms with Crippen LogP contribution in [0.3, 0.4) is 0 Å². The van der Waals surface area contributed by atoms with Crippen LogP contribution in [0.4, 0.5) is 0 Å². The average Bonchev–Trinajstić information content (AvgIpc) is 3.19. The van der Waals surface area contributed by atoms with Gasteiger partial charge in [-0.3, -0.25) is 0 Å². The predicted octanol–water partition coefficient (Wildman–Crippen LogP) is 6.44. The number of esters is 1. The summed E-state index contributed by atoms with van der Waals surface area (Å²) < 4.78 is 17.3. The first-order chi connectivity index (χ1) is 16.5. The standard InChI is InChI=1S/C28H28ClNO4/c1-32-25-12-17(6-7-24(25)33-16-21-4-2-3-5-22(21)29)11-23-26(31)34-27(30-23)28-13-18-8-19(14-28)10-20(9-18)15-28/h2-7,11-12,18-20H,8-10,13-16H2,1H3. The summed E-state index contributed by atoms with van der Waals surface area (Å²) in [6, 6.07) is 13.2. The molecule has 0 atom stereocenters. The minimum Gasteiger partial charge on any atom is -0.493 e. The van der Waals surface area contributed by atoms with Gasteiger partial charge in [0.05, 0.1) is 7.11 Å². The van der Waals surface area contributed by atoms with Crippen LogP contribution < -0.4 is 9.47 Å². The zero-order valence-electron chi connectivity index (χ0n) is 19.3. The number of ether oxygens (including phenoxy) is 3. The lowest BCUT2D eigenvalue weighted by atomic mass is 9.49. The lowest BCUT2D eigenvalue weighted by molar-refractivity contribution is -0.131. The number of hydrogen-bond donors (Lipinski definition) is 0. The van der Waals surface area contributed by atoms with Gasteiger partial charge < -0.3 is 14.2 Å². The molecule has 0 amide bonds. The van der Waals surface area contributed by atoms with Crippen molar-refractivity contribution in [2.75, 3.05) is 7.11 Å². The second kappa shape index (κ2) is 8.46. The Morgan fingerprint density at radius 1 is 1.06 bits per heavy atom. The van der Waals surface area contributed by atoms with Gasteiger partial charge in [0.2, 0.25) is 5.90 Å². The van der Waals surface area contributed by atoms with Crippen LogP contribution in [0.15, 0.2) is 53.2 Å². The van der Waals surface area contributed by atoms with Crippen LogP contribution in [0.1, 0.15) is 49.7 Å². The number of rotatable bonds is 6. The van der Waals surface area contributed by atoms with Crippen LogP contribution in [0.25, 0.3) is 6.08 Å². The van der Waals surface area contributed by atoms with Crippen molar-refractivity contribution in [3.8, 4) is 11.5 Å². The maximum atomic E-state index is 12.7. The molecule has 0 saturated heterocycles. The molecule has 5 aliphatic rings. The summed E-state index contributed by atoms with van der Waals surface area (Å²) in [5.41, 5.74) is 2.04. The number of nitrogens with zero attached hydrogens (tertiary/aromatic N) is 1. The van der Waals surface area contributed by atoms with Crippen molar-refractivity contribution >= 4 is 29.5 Å². The first-order valence-electron chi connectivity index (χ1n) is 12.1. The highest BCUT2D eigenvalue weighted by molar-refractivity contribution is 6.31. The third kappa shape index (κ3) is 3.90. The van der Waals surface area contributed by atoms with Crippen LogP contribution in [-0.4, -0.2) is 19.0 Å². The van der Waals surface area contributed by atoms with E-state index in [0.29, 0.717) is 34.7 Å². The summed E-state index contributed by atoms with van der Waals surface area (Å²) in [7, 11) is 1.60. The molecule has 2 aromatic rings. The first kappa shape index (κ1) is 21.7. The molecule has 2 aromatic carbocycles. The predicted molar refractivity (Wildman–Crippen MR) is 131 cm³/mol. The van der Waals surface area contributed by atoms with E-state index in [9.17, 15) is 4.79 Å². The second-order valence-electron chi connectivity index (χ2n) is 10.3. The Labute approximate surface area is 204 Å². The highest BCUT2D eigenvalue weighted by atomic mass is 35.5. The third-order valence-corrected chi connectivity index (χ3v) is 8.31. The fraction of sp³-hybridized carbons (Fsp3) is 0.429. The maximum Gasteiger partial charge on any atom is 0.363 e. The molecule has 34 heavy (non-hydrogen) atoms. The second-order valence-corrected chi connectivity index (χ2v) is 10.7. The van der Waals surface area contributed by atoms with Gasteiger partial charge in [-0.05, 0) is 86.1 Å². The minimum atomic E-state index is -0.358. The maximum absolute atomic E-state index is 12.7. The molecule has 5 nitrogen and oxygen atoms in total. The summed E-state index contributed by atoms with van der Waals surface area (Å²) in [4.78, 5) is 17.5. The van der Waals surface area contributed by atoms with Crippen molar-refractivity contribution in [1.29, 1.82) is 0 Å². The summed E-state index contributed by atoms with van der Waals surface area (Å²) in [5.74, 6) is 3.79. The third-order valence-electron chi connectivity index (χ3n) is 7.94. The largest absolute Gasteiger partial charge is 0.493 e. The highest BCUT2D eigenvalue weighted by Gasteiger charge is 2.55. The zero-order valence-corrected chi connectivity index (χ0v) is 20.0. The Balaban J connectivity index is 1.22. The molecule has 0 radical (unpaired) electrons. The van der Waals surface area contributed by atoms with Crippen molar-refractivity contribution in [3.63, 3.8) is 0 Å². The van der Waals surface area contributed by atoms with Gasteiger partial charge in [-0.1, -0.05) is 35.9 Å². The number of cyclic esters (lactones) is 1. The summed E-state index contributed by atoms with van der Waals surface area (Å²) in [5, 5.41) is 0.662. The topological polar surface area (TPSA) is 57.1 Å². The SMILES string of the molecule is COc1cc(C=C2N=C(C34CC5CC(CC(C5)C3)C4)OC2=O)ccc1OCc1ccccc1Cl. The molecule has 0 N–H and O–H groups in total. The molecule has 0 aromatic heterocycles. The van der Waals surface area contributed by atoms with Crippen LogP contribution in [0, 0.1) is 23.2 Å². The molecule has 0 unspecified atom stereocenters. The first-order valence-corrected chi connectivity index (χ1v) is 12.5. The quantitative estimate of drug-likeness (QED) is 0.355. The Hall–Kier alpha value is -2.79. The van der Waals surface area contributed by atoms with Crippen molar-refractivity contribution in [1.82, 2.24) is 0 Å². The molecule has 1 heterocycles. The van der Waals surface area contributed by atoms with Crippen LogP contribution in [0.2, 0.25) is 5.02 Å². The van der Waals surface area contributed by atoms with Crippen molar-refractivity contribution in [3.05, 3.63) is 64.3 Å². The molecule has 0 spiro atoms. The Morgan fingerprint density at radius 2 is 1.76 bits per heavy atom. The van der Waals surface area contributed by atoms with Crippen molar-refractivity contribution < 1.29 is 19.0 Å². The normalized spacial score (nSPS) is 30.4. The number of halogens is 1. The van der Waals surface area contributed by atoms with Gasteiger partial charge in [-0.15, -0.1) is 0 Å². The molecular weight excluding hydrogens is 450 g/mol. The van der Waals surface area contributed by atoms with E-state index in [0.717, 1.165) is 48.1 Å². The van der Waals surface area contributed by atoms with E-state index in [4.69, 9.17) is 30.8 Å². The lowest BCUT2D eigenvalue weighted by Gasteiger charge is -2.55. The molecular formula is C28H28ClNO4. The average molecular weight is 478 g/mol. The van der Waals surface area contributed by atoms with Gasteiger partial charge in [-0.2, -0.15) is 0 Å². The van der Waals surface area contributed by atoms with E-state index in [-0.39, 0.29) is 11.4 Å². The van der Waals surface area contributed by atoms with E-state index in [2.05, 4.69) is 0 Å². The summed E-state index contributed by atoms with van der Waals surface area (Å²) >= 11 is 6.23. The fourth-order valence-corrected chi connectivity index (χ4v) is 7.02. The Morgan fingerprint density at radius 3 is 2.44 bits per heavy atom.